The molecule has 1 aromatic rings. The van der Waals surface area contributed by atoms with E-state index in [-0.39, 0.29) is 12.6 Å². The van der Waals surface area contributed by atoms with Crippen LogP contribution in [0, 0.1) is 0 Å². The second-order valence-electron chi connectivity index (χ2n) is 4.69. The normalized spacial score (nSPS) is 16.2. The molecular weight excluding hydrogens is 244 g/mol. The highest BCUT2D eigenvalue weighted by Crippen LogP contribution is 2.33. The molecule has 0 radical (unpaired) electrons. The number of carboxylic acid groups (broad SMARTS) is 1. The van der Waals surface area contributed by atoms with Crippen LogP contribution in [0.5, 0.6) is 0 Å². The second-order valence-corrected chi connectivity index (χ2v) is 4.69. The summed E-state index contributed by atoms with van der Waals surface area (Å²) in [5.41, 5.74) is 2.61. The fraction of sp³-hybridized carbons (Fsp3) is 0.429. The molecule has 2 rings (SSSR count). The molecule has 102 valence electrons. The van der Waals surface area contributed by atoms with E-state index in [1.807, 2.05) is 12.1 Å². The molecule has 1 aliphatic rings. The van der Waals surface area contributed by atoms with Crippen LogP contribution >= 0.6 is 0 Å². The van der Waals surface area contributed by atoms with Crippen LogP contribution in [0.1, 0.15) is 24.0 Å². The number of nitrogens with one attached hydrogen (secondary N) is 1. The lowest BCUT2D eigenvalue weighted by atomic mass is 9.78. The van der Waals surface area contributed by atoms with E-state index in [0.29, 0.717) is 19.0 Å². The van der Waals surface area contributed by atoms with E-state index in [2.05, 4.69) is 17.4 Å². The fourth-order valence-corrected chi connectivity index (χ4v) is 2.36. The minimum absolute atomic E-state index is 0.260. The summed E-state index contributed by atoms with van der Waals surface area (Å²) < 4.78 is 0. The number of likely N-dealkylation sites (N-methyl/N-ethyl adjacent to an activating group) is 1. The average Bonchev–Trinajstić information content (AvgIpc) is 2.36. The molecule has 0 heterocycles. The van der Waals surface area contributed by atoms with Crippen molar-refractivity contribution < 1.29 is 14.7 Å². The quantitative estimate of drug-likeness (QED) is 0.843. The molecule has 0 aliphatic heterocycles. The molecule has 0 aromatic heterocycles. The van der Waals surface area contributed by atoms with Crippen LogP contribution in [-0.4, -0.2) is 41.6 Å². The minimum atomic E-state index is -0.994. The average molecular weight is 262 g/mol. The maximum atomic E-state index is 11.8. The van der Waals surface area contributed by atoms with Gasteiger partial charge in [0.15, 0.2) is 0 Å². The number of hydrogen-bond donors (Lipinski definition) is 2. The third-order valence-corrected chi connectivity index (χ3v) is 3.46. The first-order valence-corrected chi connectivity index (χ1v) is 6.44. The molecule has 0 spiro atoms. The smallest absolute Gasteiger partial charge is 0.323 e. The Kier molecular flexibility index (Phi) is 4.04. The molecule has 19 heavy (non-hydrogen) atoms. The highest BCUT2D eigenvalue weighted by molar-refractivity contribution is 5.80. The number of carbonyl (C=O) groups is 2. The number of fused-ring (bicyclic) bond motifs is 1. The maximum absolute atomic E-state index is 11.8. The zero-order chi connectivity index (χ0) is 13.8. The molecule has 5 nitrogen and oxygen atoms in total. The summed E-state index contributed by atoms with van der Waals surface area (Å²) in [4.78, 5) is 23.7. The van der Waals surface area contributed by atoms with Crippen LogP contribution in [0.15, 0.2) is 24.3 Å². The summed E-state index contributed by atoms with van der Waals surface area (Å²) in [6, 6.07) is 7.87. The monoisotopic (exact) mass is 262 g/mol. The number of urea groups is 1. The Morgan fingerprint density at radius 2 is 2.16 bits per heavy atom. The first-order valence-electron chi connectivity index (χ1n) is 6.44. The second kappa shape index (κ2) is 5.73. The van der Waals surface area contributed by atoms with E-state index in [0.717, 1.165) is 6.42 Å². The summed E-state index contributed by atoms with van der Waals surface area (Å²) >= 11 is 0. The van der Waals surface area contributed by atoms with Crippen molar-refractivity contribution in [2.75, 3.05) is 19.6 Å². The molecule has 5 heteroatoms. The lowest BCUT2D eigenvalue weighted by Crippen LogP contribution is -2.44. The Hall–Kier alpha value is -2.04. The van der Waals surface area contributed by atoms with Gasteiger partial charge in [-0.25, -0.2) is 4.79 Å². The van der Waals surface area contributed by atoms with Gasteiger partial charge >= 0.3 is 12.0 Å². The molecule has 0 saturated carbocycles. The maximum Gasteiger partial charge on any atom is 0.323 e. The van der Waals surface area contributed by atoms with Gasteiger partial charge in [0.05, 0.1) is 0 Å². The van der Waals surface area contributed by atoms with E-state index in [1.54, 1.807) is 6.92 Å². The molecule has 0 fully saturated rings. The van der Waals surface area contributed by atoms with Crippen LogP contribution in [0.25, 0.3) is 0 Å². The first-order chi connectivity index (χ1) is 9.11. The number of nitrogens with zero attached hydrogens (tertiary/aromatic N) is 1. The predicted octanol–water partition coefficient (Wildman–Crippen LogP) is 1.44. The largest absolute Gasteiger partial charge is 0.480 e. The predicted molar refractivity (Wildman–Crippen MR) is 71.2 cm³/mol. The topological polar surface area (TPSA) is 69.6 Å². The molecule has 2 amide bonds. The molecule has 0 saturated heterocycles. The van der Waals surface area contributed by atoms with E-state index in [9.17, 15) is 9.59 Å². The highest BCUT2D eigenvalue weighted by Gasteiger charge is 2.26. The van der Waals surface area contributed by atoms with Gasteiger partial charge in [0, 0.05) is 19.0 Å². The zero-order valence-corrected chi connectivity index (χ0v) is 10.9. The standard InChI is InChI=1S/C14H18N2O3/c1-2-16(9-13(17)18)14(19)15-8-11-7-10-5-3-4-6-12(10)11/h3-6,11H,2,7-9H2,1H3,(H,15,19)(H,17,18). The molecule has 2 N–H and O–H groups in total. The minimum Gasteiger partial charge on any atom is -0.480 e. The Labute approximate surface area is 112 Å². The van der Waals surface area contributed by atoms with Gasteiger partial charge in [-0.2, -0.15) is 0 Å². The van der Waals surface area contributed by atoms with Crippen molar-refractivity contribution in [3.8, 4) is 0 Å². The molecular formula is C14H18N2O3. The van der Waals surface area contributed by atoms with Crippen molar-refractivity contribution in [2.45, 2.75) is 19.3 Å². The molecule has 1 aliphatic carbocycles. The summed E-state index contributed by atoms with van der Waals surface area (Å²) in [6.45, 7) is 2.45. The van der Waals surface area contributed by atoms with Crippen LogP contribution < -0.4 is 5.32 Å². The van der Waals surface area contributed by atoms with Crippen molar-refractivity contribution in [1.29, 1.82) is 0 Å². The van der Waals surface area contributed by atoms with Crippen LogP contribution in [0.4, 0.5) is 4.79 Å². The highest BCUT2D eigenvalue weighted by atomic mass is 16.4. The zero-order valence-electron chi connectivity index (χ0n) is 10.9. The number of benzene rings is 1. The van der Waals surface area contributed by atoms with Crippen LogP contribution in [0.3, 0.4) is 0 Å². The van der Waals surface area contributed by atoms with Crippen LogP contribution in [0.2, 0.25) is 0 Å². The summed E-state index contributed by atoms with van der Waals surface area (Å²) in [5, 5.41) is 11.5. The number of carbonyl (C=O) groups excluding carboxylic acids is 1. The van der Waals surface area contributed by atoms with Gasteiger partial charge in [0.25, 0.3) is 0 Å². The summed E-state index contributed by atoms with van der Waals surface area (Å²) in [5.74, 6) is -0.644. The Bertz CT molecular complexity index is 487. The third kappa shape index (κ3) is 3.05. The van der Waals surface area contributed by atoms with E-state index >= 15 is 0 Å². The van der Waals surface area contributed by atoms with E-state index in [4.69, 9.17) is 5.11 Å². The summed E-state index contributed by atoms with van der Waals surface area (Å²) in [7, 11) is 0. The Morgan fingerprint density at radius 1 is 1.42 bits per heavy atom. The number of aliphatic carboxylic acids is 1. The molecule has 1 atom stereocenters. The van der Waals surface area contributed by atoms with Crippen molar-refractivity contribution in [3.05, 3.63) is 35.4 Å². The lowest BCUT2D eigenvalue weighted by Gasteiger charge is -2.31. The van der Waals surface area contributed by atoms with Crippen molar-refractivity contribution in [3.63, 3.8) is 0 Å². The van der Waals surface area contributed by atoms with Crippen molar-refractivity contribution >= 4 is 12.0 Å². The van der Waals surface area contributed by atoms with Gasteiger partial charge in [-0.15, -0.1) is 0 Å². The van der Waals surface area contributed by atoms with Gasteiger partial charge in [0.2, 0.25) is 0 Å². The van der Waals surface area contributed by atoms with Gasteiger partial charge < -0.3 is 15.3 Å². The molecule has 0 bridgehead atoms. The third-order valence-electron chi connectivity index (χ3n) is 3.46. The van der Waals surface area contributed by atoms with Gasteiger partial charge in [-0.1, -0.05) is 24.3 Å². The molecule has 1 unspecified atom stereocenters. The summed E-state index contributed by atoms with van der Waals surface area (Å²) in [6.07, 6.45) is 0.974. The molecule has 1 aromatic carbocycles. The Balaban J connectivity index is 1.83. The Morgan fingerprint density at radius 3 is 2.79 bits per heavy atom. The number of carboxylic acids is 1. The number of amides is 2. The number of rotatable bonds is 5. The van der Waals surface area contributed by atoms with Crippen molar-refractivity contribution in [1.82, 2.24) is 10.2 Å². The SMILES string of the molecule is CCN(CC(=O)O)C(=O)NCC1Cc2ccccc21. The van der Waals surface area contributed by atoms with Gasteiger partial charge in [-0.3, -0.25) is 4.79 Å². The van der Waals surface area contributed by atoms with E-state index < -0.39 is 5.97 Å². The first kappa shape index (κ1) is 13.4. The lowest BCUT2D eigenvalue weighted by molar-refractivity contribution is -0.137. The fourth-order valence-electron chi connectivity index (χ4n) is 2.36. The van der Waals surface area contributed by atoms with Crippen LogP contribution in [-0.2, 0) is 11.2 Å². The van der Waals surface area contributed by atoms with Gasteiger partial charge in [-0.05, 0) is 24.5 Å². The van der Waals surface area contributed by atoms with Gasteiger partial charge in [0.1, 0.15) is 6.54 Å². The van der Waals surface area contributed by atoms with Crippen molar-refractivity contribution in [2.24, 2.45) is 0 Å². The number of hydrogen-bond acceptors (Lipinski definition) is 2. The van der Waals surface area contributed by atoms with E-state index in [1.165, 1.54) is 16.0 Å².